The summed E-state index contributed by atoms with van der Waals surface area (Å²) in [6.45, 7) is 14.9. The number of hydrogen-bond donors (Lipinski definition) is 0. The van der Waals surface area contributed by atoms with Gasteiger partial charge in [-0.05, 0) is 12.1 Å². The molecule has 8 nitrogen and oxygen atoms in total. The second-order valence-corrected chi connectivity index (χ2v) is 19.7. The summed E-state index contributed by atoms with van der Waals surface area (Å²) in [7, 11) is -2.33. The third kappa shape index (κ3) is 9.73. The lowest BCUT2D eigenvalue weighted by molar-refractivity contribution is -0.386. The maximum absolute atomic E-state index is 11.1. The Morgan fingerprint density at radius 1 is 1.08 bits per heavy atom. The highest BCUT2D eigenvalue weighted by Gasteiger charge is 2.21. The van der Waals surface area contributed by atoms with Crippen molar-refractivity contribution in [3.8, 4) is 5.88 Å². The van der Waals surface area contributed by atoms with Crippen LogP contribution in [0.25, 0.3) is 0 Å². The van der Waals surface area contributed by atoms with Crippen molar-refractivity contribution in [3.05, 3.63) is 16.3 Å². The van der Waals surface area contributed by atoms with E-state index in [0.29, 0.717) is 13.2 Å². The summed E-state index contributed by atoms with van der Waals surface area (Å²) in [5, 5.41) is 15.2. The lowest BCUT2D eigenvalue weighted by Gasteiger charge is -2.15. The second-order valence-electron chi connectivity index (χ2n) is 8.45. The van der Waals surface area contributed by atoms with Crippen LogP contribution < -0.4 is 4.74 Å². The summed E-state index contributed by atoms with van der Waals surface area (Å²) >= 11 is 0. The van der Waals surface area contributed by atoms with Gasteiger partial charge in [0.05, 0.1) is 4.92 Å². The third-order valence-corrected chi connectivity index (χ3v) is 6.81. The lowest BCUT2D eigenvalue weighted by atomic mass is 10.6. The Bertz CT molecular complexity index is 552. The van der Waals surface area contributed by atoms with Crippen molar-refractivity contribution in [2.45, 2.75) is 58.1 Å². The molecule has 0 amide bonds. The molecule has 0 aliphatic heterocycles. The first kappa shape index (κ1) is 21.8. The number of nitro groups is 1. The van der Waals surface area contributed by atoms with Crippen molar-refractivity contribution >= 4 is 21.8 Å². The van der Waals surface area contributed by atoms with Crippen LogP contribution in [0.3, 0.4) is 0 Å². The molecular weight excluding hydrogens is 358 g/mol. The molecule has 0 saturated heterocycles. The van der Waals surface area contributed by atoms with E-state index in [0.717, 1.165) is 12.1 Å². The molecule has 1 heterocycles. The topological polar surface area (TPSA) is 88.7 Å². The fourth-order valence-corrected chi connectivity index (χ4v) is 3.27. The smallest absolute Gasteiger partial charge is 0.350 e. The third-order valence-electron chi connectivity index (χ3n) is 3.40. The molecular formula is C15H31N3O5Si2. The van der Waals surface area contributed by atoms with Gasteiger partial charge in [0.15, 0.2) is 6.79 Å². The zero-order valence-corrected chi connectivity index (χ0v) is 18.2. The molecule has 0 saturated carbocycles. The van der Waals surface area contributed by atoms with Gasteiger partial charge in [-0.2, -0.15) is 0 Å². The van der Waals surface area contributed by atoms with Crippen molar-refractivity contribution in [2.75, 3.05) is 20.0 Å². The second kappa shape index (κ2) is 9.46. The van der Waals surface area contributed by atoms with Crippen LogP contribution in [-0.2, 0) is 16.2 Å². The molecule has 0 fully saturated rings. The fourth-order valence-electron chi connectivity index (χ4n) is 1.76. The summed E-state index contributed by atoms with van der Waals surface area (Å²) in [5.74, 6) is -0.0354. The Hall–Kier alpha value is -1.24. The van der Waals surface area contributed by atoms with E-state index in [2.05, 4.69) is 44.4 Å². The normalized spacial score (nSPS) is 12.4. The zero-order valence-electron chi connectivity index (χ0n) is 16.2. The van der Waals surface area contributed by atoms with Crippen LogP contribution in [0.1, 0.15) is 0 Å². The molecule has 10 heteroatoms. The Morgan fingerprint density at radius 3 is 2.16 bits per heavy atom. The van der Waals surface area contributed by atoms with Crippen LogP contribution in [0.5, 0.6) is 5.88 Å². The first-order chi connectivity index (χ1) is 11.5. The first-order valence-electron chi connectivity index (χ1n) is 8.48. The number of hydrogen-bond acceptors (Lipinski definition) is 6. The fraction of sp³-hybridized carbons (Fsp3) is 0.800. The van der Waals surface area contributed by atoms with Crippen molar-refractivity contribution < 1.29 is 19.1 Å². The molecule has 0 N–H and O–H groups in total. The zero-order chi connectivity index (χ0) is 19.1. The van der Waals surface area contributed by atoms with Gasteiger partial charge in [0.1, 0.15) is 12.9 Å². The number of nitrogens with zero attached hydrogens (tertiary/aromatic N) is 3. The molecule has 0 aromatic carbocycles. The quantitative estimate of drug-likeness (QED) is 0.178. The number of ether oxygens (including phenoxy) is 3. The van der Waals surface area contributed by atoms with E-state index in [4.69, 9.17) is 14.2 Å². The summed E-state index contributed by atoms with van der Waals surface area (Å²) in [5.41, 5.74) is -0.178. The largest absolute Gasteiger partial charge is 0.445 e. The van der Waals surface area contributed by atoms with Gasteiger partial charge >= 0.3 is 11.6 Å². The van der Waals surface area contributed by atoms with E-state index in [1.165, 1.54) is 10.9 Å². The van der Waals surface area contributed by atoms with Gasteiger partial charge in [0, 0.05) is 29.4 Å². The molecule has 25 heavy (non-hydrogen) atoms. The number of rotatable bonds is 12. The maximum atomic E-state index is 11.1. The predicted octanol–water partition coefficient (Wildman–Crippen LogP) is 3.79. The average molecular weight is 390 g/mol. The van der Waals surface area contributed by atoms with Crippen LogP contribution in [0.2, 0.25) is 51.4 Å². The molecule has 0 aliphatic rings. The lowest BCUT2D eigenvalue weighted by Crippen LogP contribution is -2.22. The van der Waals surface area contributed by atoms with Crippen molar-refractivity contribution in [1.29, 1.82) is 0 Å². The minimum Gasteiger partial charge on any atom is -0.445 e. The van der Waals surface area contributed by atoms with Gasteiger partial charge < -0.3 is 14.2 Å². The summed E-state index contributed by atoms with van der Waals surface area (Å²) in [4.78, 5) is 10.6. The van der Waals surface area contributed by atoms with Gasteiger partial charge in [-0.15, -0.1) is 5.10 Å². The Kier molecular flexibility index (Phi) is 8.25. The van der Waals surface area contributed by atoms with Gasteiger partial charge in [0.2, 0.25) is 0 Å². The molecule has 1 aromatic heterocycles. The van der Waals surface area contributed by atoms with Gasteiger partial charge in [-0.25, -0.2) is 4.68 Å². The molecule has 0 aliphatic carbocycles. The minimum absolute atomic E-state index is 0.0354. The molecule has 0 atom stereocenters. The van der Waals surface area contributed by atoms with Crippen molar-refractivity contribution in [3.63, 3.8) is 0 Å². The summed E-state index contributed by atoms with van der Waals surface area (Å²) in [6, 6.07) is 2.04. The molecule has 0 radical (unpaired) electrons. The Labute approximate surface area is 151 Å². The highest BCUT2D eigenvalue weighted by Crippen LogP contribution is 2.24. The molecule has 1 aromatic rings. The van der Waals surface area contributed by atoms with Crippen LogP contribution in [-0.4, -0.2) is 50.9 Å². The van der Waals surface area contributed by atoms with E-state index < -0.39 is 21.1 Å². The van der Waals surface area contributed by atoms with E-state index in [1.54, 1.807) is 0 Å². The monoisotopic (exact) mass is 389 g/mol. The van der Waals surface area contributed by atoms with Crippen LogP contribution in [0, 0.1) is 10.1 Å². The van der Waals surface area contributed by atoms with Crippen molar-refractivity contribution in [1.82, 2.24) is 9.78 Å². The average Bonchev–Trinajstić information content (AvgIpc) is 2.84. The molecule has 144 valence electrons. The Balaban J connectivity index is 2.47. The van der Waals surface area contributed by atoms with Gasteiger partial charge in [-0.1, -0.05) is 39.3 Å². The summed E-state index contributed by atoms with van der Waals surface area (Å²) < 4.78 is 17.7. The first-order valence-corrected chi connectivity index (χ1v) is 15.9. The molecule has 0 spiro atoms. The molecule has 0 bridgehead atoms. The Morgan fingerprint density at radius 2 is 1.64 bits per heavy atom. The summed E-state index contributed by atoms with van der Waals surface area (Å²) in [6.07, 6.45) is 1.33. The van der Waals surface area contributed by atoms with Crippen molar-refractivity contribution in [2.24, 2.45) is 0 Å². The maximum Gasteiger partial charge on any atom is 0.350 e. The van der Waals surface area contributed by atoms with Gasteiger partial charge in [-0.3, -0.25) is 10.1 Å². The SMILES string of the molecule is C[Si](C)(C)CCOCOc1nn(COCC[Si](C)(C)C)cc1[N+](=O)[O-]. The van der Waals surface area contributed by atoms with Crippen LogP contribution in [0.4, 0.5) is 5.69 Å². The highest BCUT2D eigenvalue weighted by molar-refractivity contribution is 6.76. The van der Waals surface area contributed by atoms with Crippen LogP contribution >= 0.6 is 0 Å². The van der Waals surface area contributed by atoms with E-state index >= 15 is 0 Å². The van der Waals surface area contributed by atoms with E-state index in [1.807, 2.05) is 0 Å². The number of aromatic nitrogens is 2. The molecule has 0 unspecified atom stereocenters. The predicted molar refractivity (Wildman–Crippen MR) is 103 cm³/mol. The van der Waals surface area contributed by atoms with E-state index in [-0.39, 0.29) is 25.1 Å². The van der Waals surface area contributed by atoms with Crippen LogP contribution in [0.15, 0.2) is 6.20 Å². The minimum atomic E-state index is -1.17. The standard InChI is InChI=1S/C15H31N3O5Si2/c1-24(2,3)9-7-21-12-17-11-14(18(19)20)15(16-17)23-13-22-8-10-25(4,5)6/h11H,7-10,12-13H2,1-6H3. The highest BCUT2D eigenvalue weighted by atomic mass is 28.3. The molecule has 1 rings (SSSR count). The van der Waals surface area contributed by atoms with Gasteiger partial charge in [0.25, 0.3) is 0 Å². The van der Waals surface area contributed by atoms with E-state index in [9.17, 15) is 10.1 Å².